The summed E-state index contributed by atoms with van der Waals surface area (Å²) >= 11 is 1.47. The number of amides is 1. The number of sulfonamides is 1. The summed E-state index contributed by atoms with van der Waals surface area (Å²) in [6.45, 7) is 8.31. The van der Waals surface area contributed by atoms with E-state index in [9.17, 15) is 13.2 Å². The van der Waals surface area contributed by atoms with Gasteiger partial charge in [-0.3, -0.25) is 4.79 Å². The number of fused-ring (bicyclic) bond motifs is 1. The van der Waals surface area contributed by atoms with Crippen LogP contribution < -0.4 is 4.80 Å². The molecule has 4 rings (SSSR count). The molecule has 0 spiro atoms. The number of nitrogens with zero attached hydrogens (tertiary/aromatic N) is 3. The zero-order valence-electron chi connectivity index (χ0n) is 20.6. The number of rotatable bonds is 8. The second kappa shape index (κ2) is 11.2. The van der Waals surface area contributed by atoms with Crippen molar-refractivity contribution in [3.05, 3.63) is 58.4 Å². The predicted molar refractivity (Wildman–Crippen MR) is 139 cm³/mol. The molecule has 1 fully saturated rings. The van der Waals surface area contributed by atoms with E-state index in [1.54, 1.807) is 16.4 Å². The number of carbonyl (C=O) groups excluding carboxylic acids is 1. The van der Waals surface area contributed by atoms with Gasteiger partial charge in [-0.15, -0.1) is 0 Å². The van der Waals surface area contributed by atoms with Gasteiger partial charge in [0.05, 0.1) is 21.7 Å². The van der Waals surface area contributed by atoms with Gasteiger partial charge in [0.25, 0.3) is 5.91 Å². The molecular formula is C26H33N3O4S2. The molecule has 0 saturated carbocycles. The number of carbonyl (C=O) groups is 1. The number of thiazole rings is 1. The molecule has 1 amide bonds. The number of benzene rings is 2. The van der Waals surface area contributed by atoms with E-state index in [1.165, 1.54) is 23.5 Å². The van der Waals surface area contributed by atoms with Crippen LogP contribution in [0.1, 0.15) is 55.5 Å². The largest absolute Gasteiger partial charge is 0.380 e. The summed E-state index contributed by atoms with van der Waals surface area (Å²) in [7, 11) is -3.59. The standard InChI is InChI=1S/C26H33N3O4S2/c1-4-21-10-6-7-16-29(21)35(31,32)22-14-12-20(13-15-22)25(30)27-26-28(17-18-33-5-2)24-19(3)9-8-11-23(24)34-26/h8-9,11-15,21H,4-7,10,16-18H2,1-3H3. The zero-order valence-corrected chi connectivity index (χ0v) is 22.2. The SMILES string of the molecule is CCOCCn1c(=NC(=O)c2ccc(S(=O)(=O)N3CCCCC3CC)cc2)sc2cccc(C)c21. The van der Waals surface area contributed by atoms with Crippen molar-refractivity contribution in [3.63, 3.8) is 0 Å². The lowest BCUT2D eigenvalue weighted by atomic mass is 10.0. The molecule has 1 aromatic heterocycles. The summed E-state index contributed by atoms with van der Waals surface area (Å²) in [4.78, 5) is 18.3. The van der Waals surface area contributed by atoms with Gasteiger partial charge >= 0.3 is 0 Å². The Morgan fingerprint density at radius 2 is 1.91 bits per heavy atom. The van der Waals surface area contributed by atoms with E-state index in [4.69, 9.17) is 4.74 Å². The van der Waals surface area contributed by atoms with Gasteiger partial charge in [0, 0.05) is 31.3 Å². The minimum Gasteiger partial charge on any atom is -0.380 e. The molecule has 0 radical (unpaired) electrons. The molecule has 1 atom stereocenters. The van der Waals surface area contributed by atoms with Gasteiger partial charge in [0.1, 0.15) is 0 Å². The van der Waals surface area contributed by atoms with E-state index in [0.717, 1.165) is 41.5 Å². The highest BCUT2D eigenvalue weighted by molar-refractivity contribution is 7.89. The Morgan fingerprint density at radius 1 is 1.14 bits per heavy atom. The molecule has 0 bridgehead atoms. The van der Waals surface area contributed by atoms with Gasteiger partial charge in [0.15, 0.2) is 4.80 Å². The lowest BCUT2D eigenvalue weighted by Crippen LogP contribution is -2.43. The summed E-state index contributed by atoms with van der Waals surface area (Å²) in [5, 5.41) is 0. The van der Waals surface area contributed by atoms with Gasteiger partial charge in [-0.1, -0.05) is 36.8 Å². The molecule has 1 aliphatic rings. The van der Waals surface area contributed by atoms with Crippen LogP contribution in [-0.4, -0.2) is 49.0 Å². The highest BCUT2D eigenvalue weighted by Gasteiger charge is 2.32. The van der Waals surface area contributed by atoms with E-state index in [-0.39, 0.29) is 10.9 Å². The van der Waals surface area contributed by atoms with Gasteiger partial charge in [0.2, 0.25) is 10.0 Å². The van der Waals surface area contributed by atoms with E-state index in [2.05, 4.69) is 4.99 Å². The Bertz CT molecular complexity index is 1360. The topological polar surface area (TPSA) is 81.0 Å². The minimum absolute atomic E-state index is 0.0357. The van der Waals surface area contributed by atoms with Crippen molar-refractivity contribution in [2.24, 2.45) is 4.99 Å². The fraction of sp³-hybridized carbons (Fsp3) is 0.462. The van der Waals surface area contributed by atoms with Crippen LogP contribution in [0.3, 0.4) is 0 Å². The first kappa shape index (κ1) is 25.8. The second-order valence-corrected chi connectivity index (χ2v) is 11.7. The van der Waals surface area contributed by atoms with Crippen LogP contribution in [0.25, 0.3) is 10.2 Å². The number of aryl methyl sites for hydroxylation is 1. The van der Waals surface area contributed by atoms with Crippen LogP contribution in [0.2, 0.25) is 0 Å². The first-order valence-corrected chi connectivity index (χ1v) is 14.5. The fourth-order valence-corrected chi connectivity index (χ4v) is 7.55. The van der Waals surface area contributed by atoms with E-state index in [1.807, 2.05) is 43.5 Å². The van der Waals surface area contributed by atoms with E-state index >= 15 is 0 Å². The summed E-state index contributed by atoms with van der Waals surface area (Å²) in [6, 6.07) is 12.3. The van der Waals surface area contributed by atoms with Gasteiger partial charge in [-0.25, -0.2) is 8.42 Å². The van der Waals surface area contributed by atoms with Crippen LogP contribution >= 0.6 is 11.3 Å². The first-order valence-electron chi connectivity index (χ1n) is 12.2. The average molecular weight is 516 g/mol. The lowest BCUT2D eigenvalue weighted by Gasteiger charge is -2.34. The maximum atomic E-state index is 13.2. The molecule has 0 N–H and O–H groups in total. The third kappa shape index (κ3) is 5.43. The minimum atomic E-state index is -3.59. The summed E-state index contributed by atoms with van der Waals surface area (Å²) in [5.74, 6) is -0.396. The number of hydrogen-bond donors (Lipinski definition) is 0. The molecule has 35 heavy (non-hydrogen) atoms. The molecule has 2 aromatic carbocycles. The molecule has 188 valence electrons. The van der Waals surface area contributed by atoms with E-state index < -0.39 is 15.9 Å². The van der Waals surface area contributed by atoms with Crippen LogP contribution in [0.15, 0.2) is 52.4 Å². The zero-order chi connectivity index (χ0) is 25.0. The normalized spacial score (nSPS) is 17.8. The van der Waals surface area contributed by atoms with Crippen molar-refractivity contribution in [3.8, 4) is 0 Å². The van der Waals surface area contributed by atoms with Crippen LogP contribution in [0.4, 0.5) is 0 Å². The Hall–Kier alpha value is -2.33. The summed E-state index contributed by atoms with van der Waals surface area (Å²) in [5.41, 5.74) is 2.53. The molecule has 0 aliphatic carbocycles. The van der Waals surface area contributed by atoms with Gasteiger partial charge < -0.3 is 9.30 Å². The number of para-hydroxylation sites is 1. The maximum Gasteiger partial charge on any atom is 0.279 e. The Morgan fingerprint density at radius 3 is 2.63 bits per heavy atom. The van der Waals surface area contributed by atoms with E-state index in [0.29, 0.717) is 36.7 Å². The molecule has 1 aliphatic heterocycles. The Kier molecular flexibility index (Phi) is 8.21. The Balaban J connectivity index is 1.64. The maximum absolute atomic E-state index is 13.2. The number of hydrogen-bond acceptors (Lipinski definition) is 5. The molecule has 1 unspecified atom stereocenters. The average Bonchev–Trinajstić information content (AvgIpc) is 3.22. The van der Waals surface area contributed by atoms with Crippen molar-refractivity contribution in [2.45, 2.75) is 63.9 Å². The van der Waals surface area contributed by atoms with Crippen molar-refractivity contribution in [1.29, 1.82) is 0 Å². The number of aromatic nitrogens is 1. The lowest BCUT2D eigenvalue weighted by molar-refractivity contribution is 0.0996. The highest BCUT2D eigenvalue weighted by Crippen LogP contribution is 2.27. The van der Waals surface area contributed by atoms with Crippen molar-refractivity contribution < 1.29 is 17.9 Å². The summed E-state index contributed by atoms with van der Waals surface area (Å²) < 4.78 is 36.7. The molecule has 9 heteroatoms. The first-order chi connectivity index (χ1) is 16.9. The third-order valence-electron chi connectivity index (χ3n) is 6.52. The molecule has 2 heterocycles. The quantitative estimate of drug-likeness (QED) is 0.406. The van der Waals surface area contributed by atoms with Crippen molar-refractivity contribution in [1.82, 2.24) is 8.87 Å². The third-order valence-corrected chi connectivity index (χ3v) is 9.53. The molecule has 3 aromatic rings. The number of ether oxygens (including phenoxy) is 1. The van der Waals surface area contributed by atoms with Gasteiger partial charge in [-0.05, 0) is 69.0 Å². The van der Waals surface area contributed by atoms with Gasteiger partial charge in [-0.2, -0.15) is 9.30 Å². The van der Waals surface area contributed by atoms with Crippen LogP contribution in [0.5, 0.6) is 0 Å². The van der Waals surface area contributed by atoms with Crippen LogP contribution in [0, 0.1) is 6.92 Å². The highest BCUT2D eigenvalue weighted by atomic mass is 32.2. The monoisotopic (exact) mass is 515 g/mol. The molecular weight excluding hydrogens is 482 g/mol. The smallest absolute Gasteiger partial charge is 0.279 e. The van der Waals surface area contributed by atoms with Crippen molar-refractivity contribution >= 4 is 37.5 Å². The molecule has 7 nitrogen and oxygen atoms in total. The Labute approximate surface area is 211 Å². The van der Waals surface area contributed by atoms with Crippen LogP contribution in [-0.2, 0) is 21.3 Å². The molecule has 1 saturated heterocycles. The fourth-order valence-electron chi connectivity index (χ4n) is 4.65. The second-order valence-electron chi connectivity index (χ2n) is 8.77. The van der Waals surface area contributed by atoms with Crippen molar-refractivity contribution in [2.75, 3.05) is 19.8 Å². The number of piperidine rings is 1. The summed E-state index contributed by atoms with van der Waals surface area (Å²) in [6.07, 6.45) is 3.63. The predicted octanol–water partition coefficient (Wildman–Crippen LogP) is 4.74.